The molecule has 16 heteroatoms. The summed E-state index contributed by atoms with van der Waals surface area (Å²) >= 11 is 0. The van der Waals surface area contributed by atoms with Crippen molar-refractivity contribution in [3.05, 3.63) is 34.4 Å². The molecule has 294 valence electrons. The zero-order chi connectivity index (χ0) is 40.3. The molecule has 0 fully saturated rings. The Labute approximate surface area is 300 Å². The Bertz CT molecular complexity index is 1300. The van der Waals surface area contributed by atoms with Crippen molar-refractivity contribution < 1.29 is 57.4 Å². The van der Waals surface area contributed by atoms with Crippen molar-refractivity contribution in [3.8, 4) is 0 Å². The molecule has 0 bridgehead atoms. The maximum atomic E-state index is 14.1. The molecule has 12 nitrogen and oxygen atoms in total. The SMILES string of the molecule is CC(C)C(c1cc(C(C(C)C)(C(C)C)P(=O)(O)O)c(C(C(C)C)(C(C)C)P(=O)(O)O)cc1C(C(C)C)(C(C)C)P(=O)(O)O)(C(C)C)P(=O)(O)O. The highest BCUT2D eigenvalue weighted by atomic mass is 31.2. The number of hydrogen-bond donors (Lipinski definition) is 8. The predicted molar refractivity (Wildman–Crippen MR) is 200 cm³/mol. The Kier molecular flexibility index (Phi) is 14.5. The van der Waals surface area contributed by atoms with Crippen LogP contribution in [0, 0.1) is 47.3 Å². The molecule has 50 heavy (non-hydrogen) atoms. The lowest BCUT2D eigenvalue weighted by Crippen LogP contribution is -2.48. The van der Waals surface area contributed by atoms with E-state index in [0.717, 1.165) is 0 Å². The van der Waals surface area contributed by atoms with Crippen LogP contribution in [0.15, 0.2) is 12.1 Å². The molecule has 0 saturated heterocycles. The fourth-order valence-corrected chi connectivity index (χ4v) is 17.8. The van der Waals surface area contributed by atoms with Gasteiger partial charge in [-0.05, 0) is 69.6 Å². The van der Waals surface area contributed by atoms with Gasteiger partial charge in [0, 0.05) is 0 Å². The smallest absolute Gasteiger partial charge is 0.324 e. The van der Waals surface area contributed by atoms with Crippen molar-refractivity contribution in [2.24, 2.45) is 47.3 Å². The van der Waals surface area contributed by atoms with Gasteiger partial charge in [-0.15, -0.1) is 0 Å². The molecule has 1 aromatic rings. The summed E-state index contributed by atoms with van der Waals surface area (Å²) in [4.78, 5) is 91.5. The molecule has 0 heterocycles. The van der Waals surface area contributed by atoms with Crippen LogP contribution in [0.5, 0.6) is 0 Å². The summed E-state index contributed by atoms with van der Waals surface area (Å²) in [5.74, 6) is -7.23. The second kappa shape index (κ2) is 15.2. The predicted octanol–water partition coefficient (Wildman–Crippen LogP) is 8.43. The van der Waals surface area contributed by atoms with Gasteiger partial charge in [-0.2, -0.15) is 0 Å². The molecule has 0 aliphatic heterocycles. The lowest BCUT2D eigenvalue weighted by Gasteiger charge is -2.53. The molecular formula is C34H66O12P4. The summed E-state index contributed by atoms with van der Waals surface area (Å²) in [6.45, 7) is 25.2. The van der Waals surface area contributed by atoms with Crippen LogP contribution in [0.3, 0.4) is 0 Å². The van der Waals surface area contributed by atoms with E-state index in [1.807, 2.05) is 0 Å². The number of rotatable bonds is 16. The summed E-state index contributed by atoms with van der Waals surface area (Å²) in [5.41, 5.74) is -0.809. The Morgan fingerprint density at radius 1 is 0.320 bits per heavy atom. The summed E-state index contributed by atoms with van der Waals surface area (Å²) in [6.07, 6.45) is 0. The summed E-state index contributed by atoms with van der Waals surface area (Å²) in [7, 11) is -21.4. The lowest BCUT2D eigenvalue weighted by molar-refractivity contribution is 0.207. The first kappa shape index (κ1) is 47.8. The summed E-state index contributed by atoms with van der Waals surface area (Å²) < 4.78 is 56.4. The molecular weight excluding hydrogens is 724 g/mol. The molecule has 8 N–H and O–H groups in total. The zero-order valence-corrected chi connectivity index (χ0v) is 36.4. The molecule has 1 rings (SSSR count). The van der Waals surface area contributed by atoms with E-state index in [1.165, 1.54) is 12.1 Å². The van der Waals surface area contributed by atoms with Crippen LogP contribution in [0.1, 0.15) is 133 Å². The molecule has 0 aliphatic rings. The average molecular weight is 791 g/mol. The van der Waals surface area contributed by atoms with E-state index < -0.39 is 98.4 Å². The fourth-order valence-electron chi connectivity index (χ4n) is 10.4. The third-order valence-electron chi connectivity index (χ3n) is 11.9. The highest BCUT2D eigenvalue weighted by Crippen LogP contribution is 2.75. The van der Waals surface area contributed by atoms with Crippen molar-refractivity contribution in [1.29, 1.82) is 0 Å². The van der Waals surface area contributed by atoms with Gasteiger partial charge in [0.05, 0.1) is 0 Å². The third-order valence-corrected chi connectivity index (χ3v) is 20.8. The Morgan fingerprint density at radius 3 is 0.480 bits per heavy atom. The molecule has 0 saturated carbocycles. The van der Waals surface area contributed by atoms with Crippen LogP contribution in [0.4, 0.5) is 0 Å². The van der Waals surface area contributed by atoms with Crippen LogP contribution in [-0.2, 0) is 38.9 Å². The van der Waals surface area contributed by atoms with Gasteiger partial charge >= 0.3 is 30.4 Å². The van der Waals surface area contributed by atoms with Gasteiger partial charge in [-0.1, -0.05) is 123 Å². The normalized spacial score (nSPS) is 15.4. The van der Waals surface area contributed by atoms with Crippen LogP contribution in [0.2, 0.25) is 0 Å². The zero-order valence-electron chi connectivity index (χ0n) is 32.8. The fraction of sp³-hybridized carbons (Fsp3) is 0.824. The van der Waals surface area contributed by atoms with Crippen LogP contribution in [0.25, 0.3) is 0 Å². The van der Waals surface area contributed by atoms with E-state index in [-0.39, 0.29) is 22.3 Å². The molecule has 0 spiro atoms. The van der Waals surface area contributed by atoms with Crippen molar-refractivity contribution in [3.63, 3.8) is 0 Å². The van der Waals surface area contributed by atoms with Crippen molar-refractivity contribution >= 4 is 30.4 Å². The largest absolute Gasteiger partial charge is 0.336 e. The van der Waals surface area contributed by atoms with Gasteiger partial charge in [0.1, 0.15) is 20.6 Å². The lowest BCUT2D eigenvalue weighted by atomic mass is 9.64. The van der Waals surface area contributed by atoms with Gasteiger partial charge in [0.15, 0.2) is 0 Å². The third kappa shape index (κ3) is 6.84. The number of benzene rings is 1. The topological polar surface area (TPSA) is 230 Å². The Morgan fingerprint density at radius 2 is 0.420 bits per heavy atom. The van der Waals surface area contributed by atoms with E-state index >= 15 is 0 Å². The maximum Gasteiger partial charge on any atom is 0.336 e. The minimum Gasteiger partial charge on any atom is -0.324 e. The quantitative estimate of drug-likeness (QED) is 0.0738. The van der Waals surface area contributed by atoms with Crippen molar-refractivity contribution in [2.45, 2.75) is 131 Å². The van der Waals surface area contributed by atoms with E-state index in [0.29, 0.717) is 0 Å². The van der Waals surface area contributed by atoms with Gasteiger partial charge in [-0.25, -0.2) is 0 Å². The molecule has 0 atom stereocenters. The average Bonchev–Trinajstić information content (AvgIpc) is 2.81. The minimum absolute atomic E-state index is 0.202. The second-order valence-corrected chi connectivity index (χ2v) is 24.0. The van der Waals surface area contributed by atoms with E-state index in [2.05, 4.69) is 0 Å². The van der Waals surface area contributed by atoms with Crippen molar-refractivity contribution in [1.82, 2.24) is 0 Å². The Balaban J connectivity index is 5.73. The van der Waals surface area contributed by atoms with Gasteiger partial charge in [0.25, 0.3) is 0 Å². The first-order chi connectivity index (χ1) is 22.0. The van der Waals surface area contributed by atoms with E-state index in [1.54, 1.807) is 111 Å². The molecule has 1 aromatic carbocycles. The summed E-state index contributed by atoms with van der Waals surface area (Å²) in [6, 6.07) is 2.51. The molecule has 0 aliphatic carbocycles. The first-order valence-electron chi connectivity index (χ1n) is 17.4. The standard InChI is InChI=1S/C34H66O12P4/c1-19(2)31(20(3)4,47(35,36)37)27-17-29(33(23(9)10,24(11)12)49(41,42)43)30(34(25(13)14,26(15)16)50(44,45)46)18-28(27)32(21(5)6,22(7)8)48(38,39)40/h17-26H,1-16H3,(H2,35,36,37)(H2,38,39,40)(H2,41,42,43)(H2,44,45,46). The molecule has 0 radical (unpaired) electrons. The van der Waals surface area contributed by atoms with Gasteiger partial charge in [0.2, 0.25) is 0 Å². The van der Waals surface area contributed by atoms with Crippen LogP contribution >= 0.6 is 30.4 Å². The molecule has 0 unspecified atom stereocenters. The maximum absolute atomic E-state index is 14.1. The summed E-state index contributed by atoms with van der Waals surface area (Å²) in [5, 5.41) is -8.69. The van der Waals surface area contributed by atoms with Crippen molar-refractivity contribution in [2.75, 3.05) is 0 Å². The van der Waals surface area contributed by atoms with Gasteiger partial charge in [-0.3, -0.25) is 18.3 Å². The minimum atomic E-state index is -5.34. The van der Waals surface area contributed by atoms with Crippen LogP contribution < -0.4 is 0 Å². The number of hydrogen-bond acceptors (Lipinski definition) is 4. The van der Waals surface area contributed by atoms with E-state index in [9.17, 15) is 57.4 Å². The molecule has 0 aromatic heterocycles. The highest BCUT2D eigenvalue weighted by Gasteiger charge is 2.65. The molecule has 0 amide bonds. The Hall–Kier alpha value is -0.180. The highest BCUT2D eigenvalue weighted by molar-refractivity contribution is 7.54. The first-order valence-corrected chi connectivity index (χ1v) is 23.9. The van der Waals surface area contributed by atoms with E-state index in [4.69, 9.17) is 0 Å². The van der Waals surface area contributed by atoms with Gasteiger partial charge < -0.3 is 39.1 Å². The second-order valence-electron chi connectivity index (χ2n) is 16.7. The van der Waals surface area contributed by atoms with Crippen LogP contribution in [-0.4, -0.2) is 39.1 Å². The monoisotopic (exact) mass is 790 g/mol.